The number of anilines is 2. The van der Waals surface area contributed by atoms with Gasteiger partial charge in [-0.05, 0) is 31.2 Å². The number of benzene rings is 1. The van der Waals surface area contributed by atoms with Gasteiger partial charge in [-0.15, -0.1) is 24.8 Å². The number of aromatic amines is 1. The predicted octanol–water partition coefficient (Wildman–Crippen LogP) is 3.30. The number of H-pyrrole nitrogens is 1. The van der Waals surface area contributed by atoms with Crippen LogP contribution in [-0.2, 0) is 6.54 Å². The Morgan fingerprint density at radius 1 is 1.23 bits per heavy atom. The highest BCUT2D eigenvalue weighted by Crippen LogP contribution is 2.29. The van der Waals surface area contributed by atoms with Gasteiger partial charge in [0.2, 0.25) is 0 Å². The van der Waals surface area contributed by atoms with Crippen molar-refractivity contribution >= 4 is 58.3 Å². The maximum absolute atomic E-state index is 12.0. The van der Waals surface area contributed by atoms with Gasteiger partial charge in [0.1, 0.15) is 12.1 Å². The van der Waals surface area contributed by atoms with Crippen LogP contribution in [0.5, 0.6) is 0 Å². The predicted molar refractivity (Wildman–Crippen MR) is 108 cm³/mol. The molecule has 3 aromatic heterocycles. The maximum Gasteiger partial charge on any atom is 0.326 e. The zero-order valence-electron chi connectivity index (χ0n) is 14.2. The summed E-state index contributed by atoms with van der Waals surface area (Å²) in [4.78, 5) is 29.8. The molecule has 0 aliphatic heterocycles. The van der Waals surface area contributed by atoms with Gasteiger partial charge in [0.25, 0.3) is 0 Å². The van der Waals surface area contributed by atoms with Crippen LogP contribution in [0.2, 0.25) is 0 Å². The molecule has 4 rings (SSSR count). The van der Waals surface area contributed by atoms with E-state index in [9.17, 15) is 4.79 Å². The number of hydrogen-bond donors (Lipinski definition) is 1. The molecule has 0 atom stereocenters. The molecule has 0 amide bonds. The van der Waals surface area contributed by atoms with E-state index in [1.807, 2.05) is 43.1 Å². The fourth-order valence-electron chi connectivity index (χ4n) is 2.95. The highest BCUT2D eigenvalue weighted by atomic mass is 35.5. The molecule has 7 nitrogen and oxygen atoms in total. The van der Waals surface area contributed by atoms with Gasteiger partial charge in [-0.2, -0.15) is 0 Å². The van der Waals surface area contributed by atoms with Gasteiger partial charge in [-0.25, -0.2) is 14.8 Å². The summed E-state index contributed by atoms with van der Waals surface area (Å²) in [6.45, 7) is 2.55. The third kappa shape index (κ3) is 3.11. The molecule has 9 heteroatoms. The smallest absolute Gasteiger partial charge is 0.326 e. The Balaban J connectivity index is 0.00000121. The van der Waals surface area contributed by atoms with Crippen LogP contribution in [0.4, 0.5) is 11.5 Å². The molecule has 0 unspecified atom stereocenters. The Morgan fingerprint density at radius 3 is 2.73 bits per heavy atom. The van der Waals surface area contributed by atoms with Crippen molar-refractivity contribution in [2.75, 3.05) is 11.9 Å². The van der Waals surface area contributed by atoms with E-state index in [2.05, 4.69) is 19.9 Å². The Kier molecular flexibility index (Phi) is 5.84. The van der Waals surface area contributed by atoms with Crippen LogP contribution in [0, 0.1) is 0 Å². The molecular formula is C17H18Cl2N6O. The first kappa shape index (κ1) is 19.7. The monoisotopic (exact) mass is 392 g/mol. The summed E-state index contributed by atoms with van der Waals surface area (Å²) in [7, 11) is 1.93. The van der Waals surface area contributed by atoms with Crippen molar-refractivity contribution in [2.45, 2.75) is 13.5 Å². The van der Waals surface area contributed by atoms with E-state index in [4.69, 9.17) is 0 Å². The Bertz CT molecular complexity index is 1090. The maximum atomic E-state index is 12.0. The molecule has 0 aliphatic carbocycles. The lowest BCUT2D eigenvalue weighted by atomic mass is 10.2. The van der Waals surface area contributed by atoms with Gasteiger partial charge in [0, 0.05) is 25.2 Å². The number of halogens is 2. The molecule has 0 fully saturated rings. The highest BCUT2D eigenvalue weighted by molar-refractivity contribution is 5.99. The first-order chi connectivity index (χ1) is 11.7. The molecule has 1 aromatic carbocycles. The molecule has 0 bridgehead atoms. The molecule has 136 valence electrons. The van der Waals surface area contributed by atoms with Crippen LogP contribution in [0.25, 0.3) is 21.9 Å². The van der Waals surface area contributed by atoms with Crippen LogP contribution >= 0.6 is 24.8 Å². The van der Waals surface area contributed by atoms with Gasteiger partial charge >= 0.3 is 5.69 Å². The van der Waals surface area contributed by atoms with Crippen molar-refractivity contribution in [3.05, 3.63) is 53.5 Å². The number of aryl methyl sites for hydroxylation is 1. The molecule has 0 spiro atoms. The topological polar surface area (TPSA) is 79.7 Å². The quantitative estimate of drug-likeness (QED) is 0.578. The van der Waals surface area contributed by atoms with E-state index >= 15 is 0 Å². The normalized spacial score (nSPS) is 10.4. The van der Waals surface area contributed by atoms with Crippen LogP contribution in [0.3, 0.4) is 0 Å². The zero-order chi connectivity index (χ0) is 16.7. The molecule has 4 aromatic rings. The lowest BCUT2D eigenvalue weighted by molar-refractivity contribution is 0.753. The van der Waals surface area contributed by atoms with Crippen molar-refractivity contribution in [3.63, 3.8) is 0 Å². The van der Waals surface area contributed by atoms with E-state index in [1.165, 1.54) is 6.33 Å². The van der Waals surface area contributed by atoms with Gasteiger partial charge in [0.05, 0.1) is 28.4 Å². The molecular weight excluding hydrogens is 375 g/mol. The van der Waals surface area contributed by atoms with Crippen LogP contribution in [0.1, 0.15) is 6.92 Å². The molecule has 0 saturated heterocycles. The van der Waals surface area contributed by atoms with Gasteiger partial charge in [-0.1, -0.05) is 0 Å². The van der Waals surface area contributed by atoms with Crippen LogP contribution in [-0.4, -0.2) is 31.6 Å². The molecule has 26 heavy (non-hydrogen) atoms. The first-order valence-electron chi connectivity index (χ1n) is 7.70. The summed E-state index contributed by atoms with van der Waals surface area (Å²) in [6, 6.07) is 7.70. The summed E-state index contributed by atoms with van der Waals surface area (Å²) in [6.07, 6.45) is 5.05. The second-order valence-electron chi connectivity index (χ2n) is 5.53. The molecule has 0 aliphatic rings. The number of fused-ring (bicyclic) bond motifs is 2. The number of hydrogen-bond acceptors (Lipinski definition) is 5. The minimum Gasteiger partial charge on any atom is -0.328 e. The Labute approximate surface area is 161 Å². The van der Waals surface area contributed by atoms with Crippen molar-refractivity contribution < 1.29 is 0 Å². The van der Waals surface area contributed by atoms with Crippen LogP contribution in [0.15, 0.2) is 47.8 Å². The third-order valence-electron chi connectivity index (χ3n) is 4.18. The third-order valence-corrected chi connectivity index (χ3v) is 4.18. The van der Waals surface area contributed by atoms with E-state index in [-0.39, 0.29) is 30.5 Å². The van der Waals surface area contributed by atoms with E-state index < -0.39 is 0 Å². The molecule has 1 N–H and O–H groups in total. The lowest BCUT2D eigenvalue weighted by Crippen LogP contribution is -2.14. The Morgan fingerprint density at radius 2 is 2.04 bits per heavy atom. The minimum absolute atomic E-state index is 0. The largest absolute Gasteiger partial charge is 0.328 e. The Hall–Kier alpha value is -2.64. The minimum atomic E-state index is -0.113. The van der Waals surface area contributed by atoms with E-state index in [1.54, 1.807) is 17.0 Å². The number of rotatable bonds is 3. The zero-order valence-corrected chi connectivity index (χ0v) is 15.8. The summed E-state index contributed by atoms with van der Waals surface area (Å²) in [5, 5.41) is 0.876. The van der Waals surface area contributed by atoms with Gasteiger partial charge < -0.3 is 9.88 Å². The van der Waals surface area contributed by atoms with Crippen molar-refractivity contribution in [1.82, 2.24) is 24.5 Å². The van der Waals surface area contributed by atoms with Crippen molar-refractivity contribution in [3.8, 4) is 0 Å². The van der Waals surface area contributed by atoms with E-state index in [0.717, 1.165) is 33.4 Å². The summed E-state index contributed by atoms with van der Waals surface area (Å²) < 4.78 is 1.70. The number of aromatic nitrogens is 5. The number of nitrogens with one attached hydrogen (secondary N) is 1. The van der Waals surface area contributed by atoms with Gasteiger partial charge in [0.15, 0.2) is 0 Å². The van der Waals surface area contributed by atoms with Gasteiger partial charge in [-0.3, -0.25) is 9.55 Å². The van der Waals surface area contributed by atoms with Crippen molar-refractivity contribution in [2.24, 2.45) is 0 Å². The molecule has 0 radical (unpaired) electrons. The standard InChI is InChI=1S/C17H16N6O.2ClH/c1-3-23-15-8-13-12(7-14(15)21-17(23)24)16(20-10-19-13)22(2)11-5-4-6-18-9-11;;/h4-10H,3H2,1-2H3,(H,21,24);2*1H. The number of imidazole rings is 1. The van der Waals surface area contributed by atoms with E-state index in [0.29, 0.717) is 6.54 Å². The fraction of sp³-hybridized carbons (Fsp3) is 0.176. The fourth-order valence-corrected chi connectivity index (χ4v) is 2.95. The molecule has 0 saturated carbocycles. The summed E-state index contributed by atoms with van der Waals surface area (Å²) in [5.74, 6) is 0.764. The average Bonchev–Trinajstić information content (AvgIpc) is 2.93. The molecule has 3 heterocycles. The second-order valence-corrected chi connectivity index (χ2v) is 5.53. The second kappa shape index (κ2) is 7.72. The van der Waals surface area contributed by atoms with Crippen LogP contribution < -0.4 is 10.6 Å². The summed E-state index contributed by atoms with van der Waals surface area (Å²) >= 11 is 0. The first-order valence-corrected chi connectivity index (χ1v) is 7.70. The number of nitrogens with zero attached hydrogens (tertiary/aromatic N) is 5. The highest BCUT2D eigenvalue weighted by Gasteiger charge is 2.14. The SMILES string of the molecule is CCn1c(=O)[nH]c2cc3c(N(C)c4cccnc4)ncnc3cc21.Cl.Cl. The average molecular weight is 393 g/mol. The number of pyridine rings is 1. The lowest BCUT2D eigenvalue weighted by Gasteiger charge is -2.19. The summed E-state index contributed by atoms with van der Waals surface area (Å²) in [5.41, 5.74) is 3.24. The van der Waals surface area contributed by atoms with Crippen molar-refractivity contribution in [1.29, 1.82) is 0 Å².